The number of methoxy groups -OCH3 is 1. The Hall–Kier alpha value is -1.63. The van der Waals surface area contributed by atoms with Gasteiger partial charge < -0.3 is 14.6 Å². The number of ether oxygens (including phenoxy) is 1. The number of thiazole rings is 1. The first-order valence-electron chi connectivity index (χ1n) is 8.64. The molecule has 2 heterocycles. The smallest absolute Gasteiger partial charge is 0.283 e. The maximum atomic E-state index is 12.8. The van der Waals surface area contributed by atoms with E-state index in [1.807, 2.05) is 0 Å². The summed E-state index contributed by atoms with van der Waals surface area (Å²) in [5, 5.41) is 3.88. The van der Waals surface area contributed by atoms with Gasteiger partial charge in [-0.2, -0.15) is 4.99 Å². The Labute approximate surface area is 162 Å². The summed E-state index contributed by atoms with van der Waals surface area (Å²) in [5.74, 6) is 0.130. The van der Waals surface area contributed by atoms with Gasteiger partial charge in [-0.3, -0.25) is 4.79 Å². The summed E-state index contributed by atoms with van der Waals surface area (Å²) in [6.45, 7) is 8.35. The minimum absolute atomic E-state index is 0.00399. The molecule has 1 saturated heterocycles. The van der Waals surface area contributed by atoms with Crippen molar-refractivity contribution in [3.8, 4) is 5.75 Å². The fourth-order valence-electron chi connectivity index (χ4n) is 2.68. The highest BCUT2D eigenvalue weighted by atomic mass is 35.5. The average molecular weight is 394 g/mol. The number of hydrogen-bond donors (Lipinski definition) is 1. The van der Waals surface area contributed by atoms with Crippen molar-refractivity contribution < 1.29 is 9.53 Å². The number of amides is 1. The molecule has 0 unspecified atom stereocenters. The van der Waals surface area contributed by atoms with Crippen molar-refractivity contribution >= 4 is 28.8 Å². The molecule has 1 aliphatic rings. The Bertz CT molecular complexity index is 876. The predicted octanol–water partition coefficient (Wildman–Crippen LogP) is 3.61. The molecule has 0 spiro atoms. The molecule has 1 amide bonds. The zero-order valence-corrected chi connectivity index (χ0v) is 17.1. The number of nitrogens with one attached hydrogen (secondary N) is 1. The van der Waals surface area contributed by atoms with E-state index in [1.165, 1.54) is 12.0 Å². The summed E-state index contributed by atoms with van der Waals surface area (Å²) >= 11 is 7.61. The standard InChI is InChI=1S/C19H24ClN3O2S/c1-19(2,3)16-11-23(10-13-7-8-21-13)18(26-16)22-17(24)14-9-12(20)5-6-15(14)25-4/h5-6,9,11,13,21H,7-8,10H2,1-4H3/t13-/m1/s1. The Morgan fingerprint density at radius 3 is 2.77 bits per heavy atom. The number of carbonyl (C=O) groups excluding carboxylic acids is 1. The molecule has 7 heteroatoms. The predicted molar refractivity (Wildman–Crippen MR) is 105 cm³/mol. The molecule has 26 heavy (non-hydrogen) atoms. The van der Waals surface area contributed by atoms with E-state index in [0.29, 0.717) is 27.2 Å². The summed E-state index contributed by atoms with van der Waals surface area (Å²) < 4.78 is 7.37. The highest BCUT2D eigenvalue weighted by Crippen LogP contribution is 2.26. The van der Waals surface area contributed by atoms with E-state index in [4.69, 9.17) is 16.3 Å². The van der Waals surface area contributed by atoms with Crippen molar-refractivity contribution in [2.24, 2.45) is 4.99 Å². The Morgan fingerprint density at radius 2 is 2.19 bits per heavy atom. The number of halogens is 1. The number of aromatic nitrogens is 1. The molecule has 140 valence electrons. The molecule has 1 N–H and O–H groups in total. The molecule has 1 atom stereocenters. The maximum Gasteiger partial charge on any atom is 0.283 e. The van der Waals surface area contributed by atoms with Crippen LogP contribution in [-0.4, -0.2) is 30.2 Å². The molecule has 1 aromatic carbocycles. The second kappa shape index (κ2) is 7.55. The Morgan fingerprint density at radius 1 is 1.46 bits per heavy atom. The summed E-state index contributed by atoms with van der Waals surface area (Å²) in [4.78, 5) is 19.1. The van der Waals surface area contributed by atoms with Gasteiger partial charge in [-0.05, 0) is 36.6 Å². The van der Waals surface area contributed by atoms with E-state index >= 15 is 0 Å². The van der Waals surface area contributed by atoms with Gasteiger partial charge in [0.15, 0.2) is 4.80 Å². The van der Waals surface area contributed by atoms with Gasteiger partial charge in [0.2, 0.25) is 0 Å². The number of carbonyl (C=O) groups is 1. The highest BCUT2D eigenvalue weighted by Gasteiger charge is 2.22. The van der Waals surface area contributed by atoms with E-state index in [-0.39, 0.29) is 11.3 Å². The minimum Gasteiger partial charge on any atom is -0.496 e. The second-order valence-corrected chi connectivity index (χ2v) is 8.93. The van der Waals surface area contributed by atoms with Crippen molar-refractivity contribution in [3.05, 3.63) is 44.7 Å². The van der Waals surface area contributed by atoms with Crippen molar-refractivity contribution in [2.75, 3.05) is 13.7 Å². The Kier molecular flexibility index (Phi) is 5.55. The van der Waals surface area contributed by atoms with Crippen LogP contribution in [0, 0.1) is 0 Å². The first-order chi connectivity index (χ1) is 12.3. The third kappa shape index (κ3) is 4.19. The lowest BCUT2D eigenvalue weighted by atomic mass is 9.95. The third-order valence-electron chi connectivity index (χ3n) is 4.39. The van der Waals surface area contributed by atoms with Crippen molar-refractivity contribution in [2.45, 2.75) is 45.2 Å². The van der Waals surface area contributed by atoms with Crippen LogP contribution in [-0.2, 0) is 12.0 Å². The number of hydrogen-bond acceptors (Lipinski definition) is 4. The minimum atomic E-state index is -0.345. The SMILES string of the molecule is COc1ccc(Cl)cc1C(=O)N=c1sc(C(C)(C)C)cn1C[C@H]1CCN1. The van der Waals surface area contributed by atoms with Crippen LogP contribution in [0.3, 0.4) is 0 Å². The molecule has 3 rings (SSSR count). The summed E-state index contributed by atoms with van der Waals surface area (Å²) in [7, 11) is 1.53. The number of benzene rings is 1. The van der Waals surface area contributed by atoms with Gasteiger partial charge in [-0.15, -0.1) is 11.3 Å². The van der Waals surface area contributed by atoms with Crippen LogP contribution in [0.15, 0.2) is 29.4 Å². The Balaban J connectivity index is 2.02. The number of nitrogens with zero attached hydrogens (tertiary/aromatic N) is 2. The van der Waals surface area contributed by atoms with Crippen molar-refractivity contribution in [1.29, 1.82) is 0 Å². The van der Waals surface area contributed by atoms with Gasteiger partial charge in [0.1, 0.15) is 5.75 Å². The second-order valence-electron chi connectivity index (χ2n) is 7.48. The van der Waals surface area contributed by atoms with Gasteiger partial charge in [0, 0.05) is 28.7 Å². The maximum absolute atomic E-state index is 12.8. The van der Waals surface area contributed by atoms with Gasteiger partial charge in [0.25, 0.3) is 5.91 Å². The first kappa shape index (κ1) is 19.1. The summed E-state index contributed by atoms with van der Waals surface area (Å²) in [6.07, 6.45) is 3.26. The molecule has 0 saturated carbocycles. The van der Waals surface area contributed by atoms with E-state index in [2.05, 4.69) is 41.8 Å². The van der Waals surface area contributed by atoms with Crippen molar-refractivity contribution in [1.82, 2.24) is 9.88 Å². The van der Waals surface area contributed by atoms with Gasteiger partial charge in [-0.25, -0.2) is 0 Å². The third-order valence-corrected chi connectivity index (χ3v) is 6.07. The van der Waals surface area contributed by atoms with Crippen LogP contribution in [0.25, 0.3) is 0 Å². The fraction of sp³-hybridized carbons (Fsp3) is 0.474. The van der Waals surface area contributed by atoms with Crippen LogP contribution in [0.5, 0.6) is 5.75 Å². The molecule has 0 aliphatic carbocycles. The normalized spacial score (nSPS) is 17.9. The zero-order valence-electron chi connectivity index (χ0n) is 15.5. The molecule has 0 bridgehead atoms. The summed E-state index contributed by atoms with van der Waals surface area (Å²) in [6, 6.07) is 5.42. The van der Waals surface area contributed by atoms with E-state index < -0.39 is 0 Å². The highest BCUT2D eigenvalue weighted by molar-refractivity contribution is 7.09. The molecule has 1 aliphatic heterocycles. The lowest BCUT2D eigenvalue weighted by Gasteiger charge is -2.27. The van der Waals surface area contributed by atoms with Crippen LogP contribution in [0.4, 0.5) is 0 Å². The molecule has 1 aromatic heterocycles. The van der Waals surface area contributed by atoms with Gasteiger partial charge >= 0.3 is 0 Å². The lowest BCUT2D eigenvalue weighted by Crippen LogP contribution is -2.46. The topological polar surface area (TPSA) is 55.6 Å². The molecule has 1 fully saturated rings. The van der Waals surface area contributed by atoms with Gasteiger partial charge in [0.05, 0.1) is 12.7 Å². The average Bonchev–Trinajstić information content (AvgIpc) is 2.94. The van der Waals surface area contributed by atoms with Crippen LogP contribution < -0.4 is 14.9 Å². The van der Waals surface area contributed by atoms with Gasteiger partial charge in [-0.1, -0.05) is 32.4 Å². The van der Waals surface area contributed by atoms with E-state index in [0.717, 1.165) is 19.5 Å². The van der Waals surface area contributed by atoms with Crippen LogP contribution in [0.2, 0.25) is 5.02 Å². The monoisotopic (exact) mass is 393 g/mol. The fourth-order valence-corrected chi connectivity index (χ4v) is 3.91. The van der Waals surface area contributed by atoms with Crippen molar-refractivity contribution in [3.63, 3.8) is 0 Å². The molecule has 5 nitrogen and oxygen atoms in total. The largest absolute Gasteiger partial charge is 0.496 e. The summed E-state index contributed by atoms with van der Waals surface area (Å²) in [5.41, 5.74) is 0.378. The first-order valence-corrected chi connectivity index (χ1v) is 9.84. The van der Waals surface area contributed by atoms with Crippen LogP contribution in [0.1, 0.15) is 42.4 Å². The number of rotatable bonds is 4. The van der Waals surface area contributed by atoms with E-state index in [1.54, 1.807) is 29.5 Å². The molecular weight excluding hydrogens is 370 g/mol. The van der Waals surface area contributed by atoms with Crippen LogP contribution >= 0.6 is 22.9 Å². The molecular formula is C19H24ClN3O2S. The molecule has 2 aromatic rings. The zero-order chi connectivity index (χ0) is 18.9. The van der Waals surface area contributed by atoms with E-state index in [9.17, 15) is 4.79 Å². The lowest BCUT2D eigenvalue weighted by molar-refractivity contribution is 0.0994. The molecule has 0 radical (unpaired) electrons. The quantitative estimate of drug-likeness (QED) is 0.863.